The Hall–Kier alpha value is -2.78. The van der Waals surface area contributed by atoms with Crippen LogP contribution in [0.5, 0.6) is 17.2 Å². The largest absolute Gasteiger partial charge is 0.508 e. The maximum Gasteiger partial charge on any atom is 0.394 e. The molecule has 0 saturated heterocycles. The van der Waals surface area contributed by atoms with Crippen LogP contribution in [0.3, 0.4) is 0 Å². The second kappa shape index (κ2) is 7.22. The van der Waals surface area contributed by atoms with E-state index >= 15 is 0 Å². The van der Waals surface area contributed by atoms with E-state index in [9.17, 15) is 23.1 Å². The van der Waals surface area contributed by atoms with Gasteiger partial charge in [-0.3, -0.25) is 4.79 Å². The molecule has 0 aliphatic rings. The zero-order valence-corrected chi connectivity index (χ0v) is 15.2. The van der Waals surface area contributed by atoms with Crippen molar-refractivity contribution in [3.8, 4) is 17.2 Å². The molecule has 0 aliphatic heterocycles. The summed E-state index contributed by atoms with van der Waals surface area (Å²) < 4.78 is 29.4. The van der Waals surface area contributed by atoms with Gasteiger partial charge in [-0.15, -0.1) is 0 Å². The van der Waals surface area contributed by atoms with Crippen molar-refractivity contribution >= 4 is 39.0 Å². The van der Waals surface area contributed by atoms with Gasteiger partial charge in [-0.25, -0.2) is 13.2 Å². The van der Waals surface area contributed by atoms with Crippen molar-refractivity contribution in [2.75, 3.05) is 11.6 Å². The molecule has 0 atom stereocenters. The maximum absolute atomic E-state index is 11.9. The monoisotopic (exact) mass is 399 g/mol. The number of benzene rings is 2. The molecular weight excluding hydrogens is 386 g/mol. The van der Waals surface area contributed by atoms with Gasteiger partial charge in [0.15, 0.2) is 9.84 Å². The van der Waals surface area contributed by atoms with Crippen LogP contribution in [0.15, 0.2) is 35.2 Å². The van der Waals surface area contributed by atoms with Crippen LogP contribution < -0.4 is 10.1 Å². The van der Waals surface area contributed by atoms with Gasteiger partial charge in [0.05, 0.1) is 5.02 Å². The van der Waals surface area contributed by atoms with Crippen molar-refractivity contribution in [3.05, 3.63) is 40.9 Å². The summed E-state index contributed by atoms with van der Waals surface area (Å²) in [4.78, 5) is 21.6. The molecule has 0 saturated carbocycles. The third-order valence-corrected chi connectivity index (χ3v) is 4.62. The lowest BCUT2D eigenvalue weighted by Crippen LogP contribution is -2.21. The summed E-state index contributed by atoms with van der Waals surface area (Å²) >= 11 is 6.12. The van der Waals surface area contributed by atoms with E-state index < -0.39 is 21.7 Å². The van der Waals surface area contributed by atoms with Crippen LogP contribution in [0.2, 0.25) is 5.02 Å². The van der Waals surface area contributed by atoms with Gasteiger partial charge >= 0.3 is 11.9 Å². The smallest absolute Gasteiger partial charge is 0.394 e. The molecule has 3 N–H and O–H groups in total. The Kier molecular flexibility index (Phi) is 5.43. The van der Waals surface area contributed by atoms with Gasteiger partial charge in [-0.1, -0.05) is 11.6 Å². The number of aryl methyl sites for hydroxylation is 1. The summed E-state index contributed by atoms with van der Waals surface area (Å²) in [6.07, 6.45) is 0.966. The highest BCUT2D eigenvalue weighted by atomic mass is 35.5. The Morgan fingerprint density at radius 2 is 1.85 bits per heavy atom. The summed E-state index contributed by atoms with van der Waals surface area (Å²) in [6.45, 7) is 1.58. The van der Waals surface area contributed by atoms with E-state index in [4.69, 9.17) is 21.4 Å². The lowest BCUT2D eigenvalue weighted by Gasteiger charge is -2.15. The summed E-state index contributed by atoms with van der Waals surface area (Å²) in [5.74, 6) is -3.05. The molecule has 26 heavy (non-hydrogen) atoms. The number of phenolic OH excluding ortho intramolecular Hbond substituents is 1. The standard InChI is InChI=1S/C16H14ClNO7S/c1-8-5-9(18-15(20)16(21)22)6-11(17)14(8)25-12-4-3-10(19)7-13(12)26(2,23)24/h3-7,19H,1-2H3,(H,18,20)(H,21,22). The van der Waals surface area contributed by atoms with Crippen molar-refractivity contribution in [1.29, 1.82) is 0 Å². The van der Waals surface area contributed by atoms with Gasteiger partial charge in [0.2, 0.25) is 0 Å². The average molecular weight is 400 g/mol. The van der Waals surface area contributed by atoms with E-state index in [-0.39, 0.29) is 32.9 Å². The van der Waals surface area contributed by atoms with Gasteiger partial charge in [-0.05, 0) is 36.8 Å². The van der Waals surface area contributed by atoms with Crippen molar-refractivity contribution in [3.63, 3.8) is 0 Å². The van der Waals surface area contributed by atoms with Gasteiger partial charge in [-0.2, -0.15) is 0 Å². The SMILES string of the molecule is Cc1cc(NC(=O)C(=O)O)cc(Cl)c1Oc1ccc(O)cc1S(C)(=O)=O. The maximum atomic E-state index is 11.9. The Labute approximate surface area is 153 Å². The Bertz CT molecular complexity index is 979. The molecule has 1 amide bonds. The summed E-state index contributed by atoms with van der Waals surface area (Å²) in [5.41, 5.74) is 0.562. The molecule has 0 aliphatic carbocycles. The summed E-state index contributed by atoms with van der Waals surface area (Å²) in [7, 11) is -3.69. The summed E-state index contributed by atoms with van der Waals surface area (Å²) in [5, 5.41) is 20.3. The molecule has 2 rings (SSSR count). The topological polar surface area (TPSA) is 130 Å². The molecule has 0 heterocycles. The first kappa shape index (κ1) is 19.5. The lowest BCUT2D eigenvalue weighted by molar-refractivity contribution is -0.147. The van der Waals surface area contributed by atoms with Crippen molar-refractivity contribution in [1.82, 2.24) is 0 Å². The fraction of sp³-hybridized carbons (Fsp3) is 0.125. The predicted molar refractivity (Wildman–Crippen MR) is 93.7 cm³/mol. The molecule has 0 unspecified atom stereocenters. The third-order valence-electron chi connectivity index (χ3n) is 3.22. The fourth-order valence-corrected chi connectivity index (χ4v) is 3.21. The third kappa shape index (κ3) is 4.44. The number of carbonyl (C=O) groups is 2. The molecule has 0 fully saturated rings. The Balaban J connectivity index is 2.43. The first-order valence-corrected chi connectivity index (χ1v) is 9.31. The zero-order chi connectivity index (χ0) is 19.6. The van der Waals surface area contributed by atoms with E-state index in [1.807, 2.05) is 0 Å². The number of hydrogen-bond acceptors (Lipinski definition) is 6. The molecule has 0 aromatic heterocycles. The first-order valence-electron chi connectivity index (χ1n) is 7.04. The van der Waals surface area contributed by atoms with Crippen LogP contribution in [0.1, 0.15) is 5.56 Å². The number of halogens is 1. The van der Waals surface area contributed by atoms with Crippen molar-refractivity contribution < 1.29 is 33.0 Å². The number of carbonyl (C=O) groups excluding carboxylic acids is 1. The van der Waals surface area contributed by atoms with Gasteiger partial charge < -0.3 is 20.3 Å². The normalized spacial score (nSPS) is 11.0. The van der Waals surface area contributed by atoms with E-state index in [1.54, 1.807) is 6.92 Å². The number of anilines is 1. The number of aromatic hydroxyl groups is 1. The average Bonchev–Trinajstić information content (AvgIpc) is 2.51. The fourth-order valence-electron chi connectivity index (χ4n) is 2.10. The molecule has 2 aromatic rings. The van der Waals surface area contributed by atoms with Crippen molar-refractivity contribution in [2.45, 2.75) is 11.8 Å². The number of phenols is 1. The minimum atomic E-state index is -3.69. The van der Waals surface area contributed by atoms with Crippen LogP contribution in [0, 0.1) is 6.92 Å². The van der Waals surface area contributed by atoms with Gasteiger partial charge in [0, 0.05) is 18.0 Å². The number of carboxylic acid groups (broad SMARTS) is 1. The molecule has 0 radical (unpaired) electrons. The minimum Gasteiger partial charge on any atom is -0.508 e. The number of carboxylic acids is 1. The Morgan fingerprint density at radius 1 is 1.19 bits per heavy atom. The number of aliphatic carboxylic acids is 1. The second-order valence-electron chi connectivity index (χ2n) is 5.37. The molecule has 10 heteroatoms. The van der Waals surface area contributed by atoms with E-state index in [1.165, 1.54) is 24.3 Å². The molecule has 8 nitrogen and oxygen atoms in total. The Morgan fingerprint density at radius 3 is 2.38 bits per heavy atom. The number of rotatable bonds is 4. The zero-order valence-electron chi connectivity index (χ0n) is 13.6. The van der Waals surface area contributed by atoms with Crippen LogP contribution >= 0.6 is 11.6 Å². The molecule has 138 valence electrons. The van der Waals surface area contributed by atoms with Crippen LogP contribution in [0.25, 0.3) is 0 Å². The lowest BCUT2D eigenvalue weighted by atomic mass is 10.2. The van der Waals surface area contributed by atoms with Crippen LogP contribution in [-0.2, 0) is 19.4 Å². The highest BCUT2D eigenvalue weighted by Crippen LogP contribution is 2.38. The molecule has 2 aromatic carbocycles. The summed E-state index contributed by atoms with van der Waals surface area (Å²) in [6, 6.07) is 6.28. The van der Waals surface area contributed by atoms with Gasteiger partial charge in [0.25, 0.3) is 0 Å². The highest BCUT2D eigenvalue weighted by molar-refractivity contribution is 7.90. The molecular formula is C16H14ClNO7S. The quantitative estimate of drug-likeness (QED) is 0.673. The predicted octanol–water partition coefficient (Wildman–Crippen LogP) is 2.57. The molecule has 0 spiro atoms. The van der Waals surface area contributed by atoms with E-state index in [2.05, 4.69) is 5.32 Å². The van der Waals surface area contributed by atoms with Crippen LogP contribution in [0.4, 0.5) is 5.69 Å². The number of ether oxygens (including phenoxy) is 1. The first-order chi connectivity index (χ1) is 12.0. The number of nitrogens with one attached hydrogen (secondary N) is 1. The number of amides is 1. The van der Waals surface area contributed by atoms with Crippen LogP contribution in [-0.4, -0.2) is 36.8 Å². The highest BCUT2D eigenvalue weighted by Gasteiger charge is 2.19. The van der Waals surface area contributed by atoms with Crippen molar-refractivity contribution in [2.24, 2.45) is 0 Å². The second-order valence-corrected chi connectivity index (χ2v) is 7.76. The minimum absolute atomic E-state index is 0.0261. The van der Waals surface area contributed by atoms with E-state index in [0.29, 0.717) is 5.56 Å². The molecule has 0 bridgehead atoms. The number of hydrogen-bond donors (Lipinski definition) is 3. The number of sulfone groups is 1. The van der Waals surface area contributed by atoms with E-state index in [0.717, 1.165) is 12.3 Å². The van der Waals surface area contributed by atoms with Gasteiger partial charge in [0.1, 0.15) is 22.1 Å².